The molecular weight excluding hydrogens is 573 g/mol. The third-order valence-corrected chi connectivity index (χ3v) is 5.05. The fraction of sp³-hybridized carbons (Fsp3) is 0.0714. The van der Waals surface area contributed by atoms with Crippen LogP contribution in [0.1, 0.15) is 32.1 Å². The number of rotatable bonds is 2. The van der Waals surface area contributed by atoms with Crippen molar-refractivity contribution in [3.05, 3.63) is 107 Å². The van der Waals surface area contributed by atoms with Gasteiger partial charge in [0.25, 0.3) is 0 Å². The van der Waals surface area contributed by atoms with Gasteiger partial charge in [0.05, 0.1) is 23.0 Å². The summed E-state index contributed by atoms with van der Waals surface area (Å²) in [5, 5.41) is 40.3. The number of carbonyl (C=O) groups is 2. The number of carboxylic acids is 2. The summed E-state index contributed by atoms with van der Waals surface area (Å²) in [6, 6.07) is 23.7. The molecule has 37 heavy (non-hydrogen) atoms. The third kappa shape index (κ3) is 7.71. The maximum Gasteiger partial charge on any atom is 2.00 e. The van der Waals surface area contributed by atoms with Crippen molar-refractivity contribution < 1.29 is 57.3 Å². The van der Waals surface area contributed by atoms with Crippen molar-refractivity contribution in [1.82, 2.24) is 9.97 Å². The zero-order valence-electron chi connectivity index (χ0n) is 20.2. The van der Waals surface area contributed by atoms with Gasteiger partial charge in [-0.25, -0.2) is 0 Å². The number of fused-ring (bicyclic) bond motifs is 3. The number of aromatic nitrogens is 2. The molecule has 0 aliphatic heterocycles. The Morgan fingerprint density at radius 2 is 0.919 bits per heavy atom. The summed E-state index contributed by atoms with van der Waals surface area (Å²) in [4.78, 5) is 29.5. The first-order valence-corrected chi connectivity index (χ1v) is 10.8. The zero-order chi connectivity index (χ0) is 26.2. The van der Waals surface area contributed by atoms with Gasteiger partial charge in [0, 0.05) is 33.3 Å². The maximum absolute atomic E-state index is 10.2. The Balaban J connectivity index is 0.000000202. The van der Waals surface area contributed by atoms with E-state index in [0.717, 1.165) is 33.2 Å². The van der Waals surface area contributed by atoms with Crippen molar-refractivity contribution in [2.75, 3.05) is 0 Å². The van der Waals surface area contributed by atoms with Gasteiger partial charge in [0.15, 0.2) is 0 Å². The van der Waals surface area contributed by atoms with Crippen LogP contribution in [-0.4, -0.2) is 32.1 Å². The van der Waals surface area contributed by atoms with Gasteiger partial charge in [-0.3, -0.25) is 9.97 Å². The summed E-state index contributed by atoms with van der Waals surface area (Å²) in [7, 11) is 0. The second-order valence-electron chi connectivity index (χ2n) is 7.72. The van der Waals surface area contributed by atoms with Crippen LogP contribution in [0.5, 0.6) is 11.5 Å². The van der Waals surface area contributed by atoms with Crippen LogP contribution < -0.4 is 10.2 Å². The van der Waals surface area contributed by atoms with Gasteiger partial charge in [-0.2, -0.15) is 0 Å². The number of aryl methyl sites for hydroxylation is 2. The second-order valence-corrected chi connectivity index (χ2v) is 7.72. The molecule has 0 spiro atoms. The van der Waals surface area contributed by atoms with Gasteiger partial charge in [0.2, 0.25) is 0 Å². The number of pyridine rings is 2. The number of phenols is 2. The predicted molar refractivity (Wildman–Crippen MR) is 131 cm³/mol. The molecule has 0 fully saturated rings. The first-order valence-electron chi connectivity index (χ1n) is 10.8. The molecule has 5 rings (SSSR count). The minimum atomic E-state index is -1.36. The quantitative estimate of drug-likeness (QED) is 0.234. The molecule has 0 atom stereocenters. The van der Waals surface area contributed by atoms with E-state index in [0.29, 0.717) is 0 Å². The van der Waals surface area contributed by atoms with Crippen LogP contribution in [0.25, 0.3) is 21.8 Å². The average molecular weight is 595 g/mol. The van der Waals surface area contributed by atoms with Gasteiger partial charge >= 0.3 is 27.3 Å². The summed E-state index contributed by atoms with van der Waals surface area (Å²) < 4.78 is 0. The summed E-state index contributed by atoms with van der Waals surface area (Å²) in [5.41, 5.74) is 3.71. The molecule has 0 aliphatic rings. The van der Waals surface area contributed by atoms with Gasteiger partial charge in [0.1, 0.15) is 11.5 Å². The Kier molecular flexibility index (Phi) is 10.5. The summed E-state index contributed by atoms with van der Waals surface area (Å²) in [5.74, 6) is -3.25. The topological polar surface area (TPSA) is 146 Å². The summed E-state index contributed by atoms with van der Waals surface area (Å²) >= 11 is 0. The third-order valence-electron chi connectivity index (χ3n) is 5.05. The van der Waals surface area contributed by atoms with E-state index in [1.54, 1.807) is 12.1 Å². The summed E-state index contributed by atoms with van der Waals surface area (Å²) in [6.07, 6.45) is 0. The molecule has 2 aromatic heterocycles. The van der Waals surface area contributed by atoms with Gasteiger partial charge in [-0.1, -0.05) is 48.5 Å². The molecule has 182 valence electrons. The standard InChI is InChI=1S/C14H12N2.2C7H6O3.Cd/c1-9-3-5-11-7-8-12-6-4-10(2)16-14(12)13(11)15-9;2*8-6-4-2-1-3-5(6)7(9)10;/h3-8H,1-2H3;2*1-4,8H,(H,9,10);/q;;;+2/p-2. The smallest absolute Gasteiger partial charge is 0.545 e. The second kappa shape index (κ2) is 13.3. The van der Waals surface area contributed by atoms with E-state index >= 15 is 0 Å². The van der Waals surface area contributed by atoms with Crippen molar-refractivity contribution in [2.45, 2.75) is 13.8 Å². The van der Waals surface area contributed by atoms with E-state index in [-0.39, 0.29) is 49.9 Å². The molecule has 2 heterocycles. The number of aromatic carboxylic acids is 2. The number of benzene rings is 3. The fourth-order valence-corrected chi connectivity index (χ4v) is 3.26. The first-order chi connectivity index (χ1) is 17.2. The van der Waals surface area contributed by atoms with E-state index in [4.69, 9.17) is 10.2 Å². The molecule has 5 aromatic rings. The van der Waals surface area contributed by atoms with Gasteiger partial charge in [-0.15, -0.1) is 0 Å². The molecule has 0 unspecified atom stereocenters. The Morgan fingerprint density at radius 1 is 0.595 bits per heavy atom. The number of carbonyl (C=O) groups excluding carboxylic acids is 2. The van der Waals surface area contributed by atoms with Crippen LogP contribution in [0.3, 0.4) is 0 Å². The number of hydrogen-bond acceptors (Lipinski definition) is 8. The van der Waals surface area contributed by atoms with E-state index in [1.807, 2.05) is 26.0 Å². The number of carboxylic acid groups (broad SMARTS) is 2. The Bertz CT molecular complexity index is 1440. The molecule has 9 heteroatoms. The average Bonchev–Trinajstić information content (AvgIpc) is 2.85. The number of aromatic hydroxyl groups is 2. The molecule has 8 nitrogen and oxygen atoms in total. The molecule has 2 N–H and O–H groups in total. The molecule has 0 bridgehead atoms. The monoisotopic (exact) mass is 596 g/mol. The molecular formula is C28H22CdN2O6. The van der Waals surface area contributed by atoms with Crippen LogP contribution in [-0.2, 0) is 27.3 Å². The van der Waals surface area contributed by atoms with Crippen molar-refractivity contribution in [3.63, 3.8) is 0 Å². The van der Waals surface area contributed by atoms with Crippen molar-refractivity contribution >= 4 is 33.7 Å². The zero-order valence-corrected chi connectivity index (χ0v) is 24.2. The Labute approximate surface area is 233 Å². The number of para-hydroxylation sites is 2. The van der Waals surface area contributed by atoms with Crippen LogP contribution in [0.2, 0.25) is 0 Å². The molecule has 0 aliphatic carbocycles. The van der Waals surface area contributed by atoms with Gasteiger partial charge < -0.3 is 30.0 Å². The largest absolute Gasteiger partial charge is 2.00 e. The van der Waals surface area contributed by atoms with E-state index < -0.39 is 11.9 Å². The van der Waals surface area contributed by atoms with Crippen molar-refractivity contribution in [1.29, 1.82) is 0 Å². The van der Waals surface area contributed by atoms with Gasteiger partial charge in [-0.05, 0) is 50.2 Å². The normalized spacial score (nSPS) is 9.78. The van der Waals surface area contributed by atoms with Crippen molar-refractivity contribution in [2.24, 2.45) is 0 Å². The summed E-state index contributed by atoms with van der Waals surface area (Å²) in [6.45, 7) is 4.02. The van der Waals surface area contributed by atoms with Crippen LogP contribution >= 0.6 is 0 Å². The maximum atomic E-state index is 10.2. The van der Waals surface area contributed by atoms with Crippen molar-refractivity contribution in [3.8, 4) is 11.5 Å². The van der Waals surface area contributed by atoms with Crippen LogP contribution in [0, 0.1) is 13.8 Å². The minimum Gasteiger partial charge on any atom is -0.545 e. The SMILES string of the molecule is Cc1ccc2ccc3ccc(C)nc3c2n1.O=C([O-])c1ccccc1O.O=C([O-])c1ccccc1O.[Cd+2]. The molecule has 0 radical (unpaired) electrons. The molecule has 0 amide bonds. The number of nitrogens with zero attached hydrogens (tertiary/aromatic N) is 2. The molecule has 0 saturated heterocycles. The fourth-order valence-electron chi connectivity index (χ4n) is 3.26. The Morgan fingerprint density at radius 3 is 1.22 bits per heavy atom. The first kappa shape index (κ1) is 29.2. The Hall–Kier alpha value is -4.06. The van der Waals surface area contributed by atoms with Crippen LogP contribution in [0.15, 0.2) is 84.9 Å². The van der Waals surface area contributed by atoms with E-state index in [1.165, 1.54) is 36.4 Å². The minimum absolute atomic E-state index is 0. The number of hydrogen-bond donors (Lipinski definition) is 2. The predicted octanol–water partition coefficient (Wildman–Crippen LogP) is 2.91. The van der Waals surface area contributed by atoms with Crippen LogP contribution in [0.4, 0.5) is 0 Å². The molecule has 3 aromatic carbocycles. The van der Waals surface area contributed by atoms with E-state index in [2.05, 4.69) is 34.2 Å². The molecule has 0 saturated carbocycles. The van der Waals surface area contributed by atoms with E-state index in [9.17, 15) is 19.8 Å².